The van der Waals surface area contributed by atoms with Gasteiger partial charge in [-0.05, 0) is 18.9 Å². The van der Waals surface area contributed by atoms with Crippen LogP contribution in [0.3, 0.4) is 0 Å². The van der Waals surface area contributed by atoms with Gasteiger partial charge in [0.25, 0.3) is 0 Å². The summed E-state index contributed by atoms with van der Waals surface area (Å²) in [5.74, 6) is 6.01. The predicted molar refractivity (Wildman–Crippen MR) is 92.3 cm³/mol. The van der Waals surface area contributed by atoms with Crippen molar-refractivity contribution in [1.82, 2.24) is 0 Å². The fourth-order valence-corrected chi connectivity index (χ4v) is 3.07. The van der Waals surface area contributed by atoms with Crippen LogP contribution in [0.4, 0.5) is 0 Å². The first-order valence-corrected chi connectivity index (χ1v) is 8.51. The number of allylic oxidation sites excluding steroid dienone is 1. The van der Waals surface area contributed by atoms with Crippen molar-refractivity contribution >= 4 is 0 Å². The molecule has 6 atom stereocenters. The van der Waals surface area contributed by atoms with Gasteiger partial charge < -0.3 is 19.3 Å². The van der Waals surface area contributed by atoms with Crippen molar-refractivity contribution < 1.29 is 19.3 Å². The molecule has 3 rings (SSSR count). The van der Waals surface area contributed by atoms with E-state index in [4.69, 9.17) is 14.2 Å². The van der Waals surface area contributed by atoms with Crippen molar-refractivity contribution in [2.24, 2.45) is 0 Å². The summed E-state index contributed by atoms with van der Waals surface area (Å²) in [5.41, 5.74) is 0. The highest BCUT2D eigenvalue weighted by Crippen LogP contribution is 2.27. The average molecular weight is 328 g/mol. The molecule has 3 heterocycles. The summed E-state index contributed by atoms with van der Waals surface area (Å²) in [5, 5.41) is 9.20. The summed E-state index contributed by atoms with van der Waals surface area (Å²) in [7, 11) is 0. The van der Waals surface area contributed by atoms with Crippen LogP contribution in [0.15, 0.2) is 49.1 Å². The van der Waals surface area contributed by atoms with Gasteiger partial charge in [0.15, 0.2) is 0 Å². The molecule has 4 heteroatoms. The van der Waals surface area contributed by atoms with Crippen LogP contribution in [-0.4, -0.2) is 48.3 Å². The Kier molecular flexibility index (Phi) is 6.06. The van der Waals surface area contributed by atoms with Crippen molar-refractivity contribution in [3.8, 4) is 11.8 Å². The lowest BCUT2D eigenvalue weighted by molar-refractivity contribution is -0.117. The Balaban J connectivity index is 1.77. The molecule has 1 N–H and O–H groups in total. The van der Waals surface area contributed by atoms with E-state index in [0.29, 0.717) is 6.42 Å². The highest BCUT2D eigenvalue weighted by molar-refractivity contribution is 5.21. The van der Waals surface area contributed by atoms with Crippen molar-refractivity contribution in [2.45, 2.75) is 55.9 Å². The van der Waals surface area contributed by atoms with E-state index in [1.54, 1.807) is 0 Å². The molecule has 3 aliphatic rings. The van der Waals surface area contributed by atoms with Crippen molar-refractivity contribution in [2.75, 3.05) is 6.61 Å². The molecule has 0 saturated carbocycles. The quantitative estimate of drug-likeness (QED) is 0.635. The SMILES string of the molecule is C=CC[C@@H]1C=C[C@@H]2O[C@@H]3C/C=C\C#C[C@@H](CCO)O[C@H]3C=C[C@H]2O1. The van der Waals surface area contributed by atoms with E-state index in [-0.39, 0.29) is 43.2 Å². The highest BCUT2D eigenvalue weighted by atomic mass is 16.6. The normalized spacial score (nSPS) is 39.0. The Morgan fingerprint density at radius 3 is 2.71 bits per heavy atom. The molecule has 24 heavy (non-hydrogen) atoms. The summed E-state index contributed by atoms with van der Waals surface area (Å²) in [6, 6.07) is 0. The first-order chi connectivity index (χ1) is 11.8. The van der Waals surface area contributed by atoms with Gasteiger partial charge in [-0.3, -0.25) is 0 Å². The van der Waals surface area contributed by atoms with Gasteiger partial charge in [0.05, 0.1) is 12.2 Å². The van der Waals surface area contributed by atoms with E-state index in [9.17, 15) is 5.11 Å². The lowest BCUT2D eigenvalue weighted by atomic mass is 10.1. The summed E-state index contributed by atoms with van der Waals surface area (Å²) in [6.07, 6.45) is 15.0. The first-order valence-electron chi connectivity index (χ1n) is 8.51. The first kappa shape index (κ1) is 17.2. The number of aliphatic hydroxyl groups is 1. The maximum absolute atomic E-state index is 9.20. The maximum Gasteiger partial charge on any atom is 0.121 e. The Labute approximate surface area is 143 Å². The second-order valence-corrected chi connectivity index (χ2v) is 6.10. The number of ether oxygens (including phenoxy) is 3. The van der Waals surface area contributed by atoms with E-state index in [1.165, 1.54) is 0 Å². The zero-order valence-corrected chi connectivity index (χ0v) is 13.7. The van der Waals surface area contributed by atoms with Gasteiger partial charge in [0.1, 0.15) is 24.4 Å². The Morgan fingerprint density at radius 2 is 1.88 bits per heavy atom. The Bertz CT molecular complexity index is 580. The van der Waals surface area contributed by atoms with E-state index in [1.807, 2.05) is 36.5 Å². The molecule has 0 bridgehead atoms. The third-order valence-electron chi connectivity index (χ3n) is 4.29. The van der Waals surface area contributed by atoms with Crippen LogP contribution < -0.4 is 0 Å². The van der Waals surface area contributed by atoms with Crippen molar-refractivity contribution in [3.63, 3.8) is 0 Å². The topological polar surface area (TPSA) is 47.9 Å². The van der Waals surface area contributed by atoms with Gasteiger partial charge in [-0.1, -0.05) is 48.3 Å². The lowest BCUT2D eigenvalue weighted by Crippen LogP contribution is -2.39. The van der Waals surface area contributed by atoms with Gasteiger partial charge in [0, 0.05) is 13.0 Å². The zero-order chi connectivity index (χ0) is 16.8. The third-order valence-corrected chi connectivity index (χ3v) is 4.29. The monoisotopic (exact) mass is 328 g/mol. The molecule has 0 radical (unpaired) electrons. The molecule has 3 aliphatic heterocycles. The van der Waals surface area contributed by atoms with E-state index in [2.05, 4.69) is 24.5 Å². The van der Waals surface area contributed by atoms with Gasteiger partial charge in [-0.25, -0.2) is 0 Å². The number of aliphatic hydroxyl groups excluding tert-OH is 1. The van der Waals surface area contributed by atoms with Crippen LogP contribution in [0.5, 0.6) is 0 Å². The lowest BCUT2D eigenvalue weighted by Gasteiger charge is -2.32. The molecule has 0 amide bonds. The summed E-state index contributed by atoms with van der Waals surface area (Å²) >= 11 is 0. The fourth-order valence-electron chi connectivity index (χ4n) is 3.07. The van der Waals surface area contributed by atoms with Crippen LogP contribution in [0, 0.1) is 11.8 Å². The van der Waals surface area contributed by atoms with Crippen molar-refractivity contribution in [3.05, 3.63) is 49.1 Å². The summed E-state index contributed by atoms with van der Waals surface area (Å²) in [6.45, 7) is 3.81. The molecule has 0 aromatic rings. The molecule has 0 unspecified atom stereocenters. The average Bonchev–Trinajstić information content (AvgIpc) is 2.68. The van der Waals surface area contributed by atoms with Crippen LogP contribution in [0.1, 0.15) is 19.3 Å². The summed E-state index contributed by atoms with van der Waals surface area (Å²) in [4.78, 5) is 0. The van der Waals surface area contributed by atoms with E-state index < -0.39 is 0 Å². The van der Waals surface area contributed by atoms with Crippen molar-refractivity contribution in [1.29, 1.82) is 0 Å². The molecule has 0 aromatic carbocycles. The molecule has 0 fully saturated rings. The standard InChI is InChI=1S/C20H24O4/c1-2-6-15-9-10-20-19(22-15)12-11-18-17(24-20)8-5-3-4-7-16(23-18)13-14-21/h2-3,5,9-12,15-21H,1,6,8,13-14H2/b5-3-/t15-,16+,17-,18+,19-,20+/m1/s1. The molecular weight excluding hydrogens is 304 g/mol. The molecule has 0 aromatic heterocycles. The van der Waals surface area contributed by atoms with E-state index in [0.717, 1.165) is 12.8 Å². The van der Waals surface area contributed by atoms with E-state index >= 15 is 0 Å². The fraction of sp³-hybridized carbons (Fsp3) is 0.500. The van der Waals surface area contributed by atoms with Crippen LogP contribution in [0.2, 0.25) is 0 Å². The summed E-state index contributed by atoms with van der Waals surface area (Å²) < 4.78 is 18.4. The molecule has 4 nitrogen and oxygen atoms in total. The zero-order valence-electron chi connectivity index (χ0n) is 13.7. The second-order valence-electron chi connectivity index (χ2n) is 6.10. The Morgan fingerprint density at radius 1 is 1.08 bits per heavy atom. The number of fused-ring (bicyclic) bond motifs is 2. The number of hydrogen-bond acceptors (Lipinski definition) is 4. The third kappa shape index (κ3) is 4.25. The van der Waals surface area contributed by atoms with Crippen LogP contribution >= 0.6 is 0 Å². The van der Waals surface area contributed by atoms with Gasteiger partial charge in [-0.2, -0.15) is 0 Å². The van der Waals surface area contributed by atoms with Gasteiger partial charge in [0.2, 0.25) is 0 Å². The van der Waals surface area contributed by atoms with Crippen LogP contribution in [0.25, 0.3) is 0 Å². The minimum Gasteiger partial charge on any atom is -0.396 e. The predicted octanol–water partition coefficient (Wildman–Crippen LogP) is 2.31. The minimum atomic E-state index is -0.302. The van der Waals surface area contributed by atoms with Gasteiger partial charge in [-0.15, -0.1) is 6.58 Å². The molecular formula is C20H24O4. The smallest absolute Gasteiger partial charge is 0.121 e. The highest BCUT2D eigenvalue weighted by Gasteiger charge is 2.34. The largest absolute Gasteiger partial charge is 0.396 e. The minimum absolute atomic E-state index is 0.0414. The van der Waals surface area contributed by atoms with Crippen LogP contribution in [-0.2, 0) is 14.2 Å². The number of hydrogen-bond donors (Lipinski definition) is 1. The Hall–Kier alpha value is -1.64. The molecule has 0 saturated heterocycles. The number of rotatable bonds is 4. The molecule has 0 aliphatic carbocycles. The van der Waals surface area contributed by atoms with Gasteiger partial charge >= 0.3 is 0 Å². The molecule has 0 spiro atoms. The molecule has 128 valence electrons. The maximum atomic E-state index is 9.20. The second kappa shape index (κ2) is 8.46.